The van der Waals surface area contributed by atoms with Gasteiger partial charge in [-0.05, 0) is 12.1 Å². The number of methoxy groups -OCH3 is 1. The van der Waals surface area contributed by atoms with Crippen molar-refractivity contribution in [2.24, 2.45) is 0 Å². The molecule has 0 unspecified atom stereocenters. The summed E-state index contributed by atoms with van der Waals surface area (Å²) in [5.74, 6) is -0.536. The Morgan fingerprint density at radius 3 is 2.79 bits per heavy atom. The summed E-state index contributed by atoms with van der Waals surface area (Å²) in [6.45, 7) is 0. The van der Waals surface area contributed by atoms with Gasteiger partial charge in [0.15, 0.2) is 0 Å². The van der Waals surface area contributed by atoms with Gasteiger partial charge in [0, 0.05) is 5.56 Å². The minimum atomic E-state index is -0.536. The highest BCUT2D eigenvalue weighted by molar-refractivity contribution is 6.43. The van der Waals surface area contributed by atoms with Gasteiger partial charge >= 0.3 is 5.97 Å². The van der Waals surface area contributed by atoms with Gasteiger partial charge in [0.1, 0.15) is 0 Å². The first-order valence-electron chi connectivity index (χ1n) is 5.32. The number of anilines is 1. The Balaban J connectivity index is 2.68. The molecular weight excluding hydrogens is 287 g/mol. The van der Waals surface area contributed by atoms with E-state index in [-0.39, 0.29) is 5.56 Å². The maximum absolute atomic E-state index is 11.8. The molecule has 0 aliphatic rings. The number of hydrogen-bond donors (Lipinski definition) is 1. The highest BCUT2D eigenvalue weighted by Crippen LogP contribution is 2.34. The highest BCUT2D eigenvalue weighted by atomic mass is 35.5. The number of ether oxygens (including phenoxy) is 1. The lowest BCUT2D eigenvalue weighted by atomic mass is 10.1. The van der Waals surface area contributed by atoms with Gasteiger partial charge in [0.25, 0.3) is 0 Å². The molecule has 0 bridgehead atoms. The Bertz CT molecular complexity index is 645. The van der Waals surface area contributed by atoms with Crippen LogP contribution in [-0.4, -0.2) is 18.1 Å². The first kappa shape index (κ1) is 13.6. The van der Waals surface area contributed by atoms with Crippen molar-refractivity contribution in [3.05, 3.63) is 46.1 Å². The minimum Gasteiger partial charge on any atom is -0.465 e. The third-order valence-corrected chi connectivity index (χ3v) is 3.34. The average molecular weight is 297 g/mol. The van der Waals surface area contributed by atoms with Crippen LogP contribution in [0, 0.1) is 0 Å². The molecule has 1 aromatic carbocycles. The number of carbonyl (C=O) groups is 1. The number of halogens is 2. The fourth-order valence-electron chi connectivity index (χ4n) is 1.65. The zero-order chi connectivity index (χ0) is 14.0. The third-order valence-electron chi connectivity index (χ3n) is 2.52. The molecule has 0 saturated heterocycles. The van der Waals surface area contributed by atoms with Crippen LogP contribution in [0.2, 0.25) is 10.0 Å². The van der Waals surface area contributed by atoms with E-state index in [1.165, 1.54) is 19.4 Å². The molecule has 2 N–H and O–H groups in total. The topological polar surface area (TPSA) is 65.2 Å². The van der Waals surface area contributed by atoms with Crippen LogP contribution in [-0.2, 0) is 4.74 Å². The number of nitrogen functional groups attached to an aromatic ring is 1. The SMILES string of the molecule is COC(=O)c1cc(N)cnc1-c1cccc(Cl)c1Cl. The molecule has 98 valence electrons. The van der Waals surface area contributed by atoms with E-state index in [9.17, 15) is 4.79 Å². The lowest BCUT2D eigenvalue weighted by Crippen LogP contribution is -2.06. The number of esters is 1. The molecule has 0 aliphatic heterocycles. The number of aromatic nitrogens is 1. The fraction of sp³-hybridized carbons (Fsp3) is 0.0769. The number of nitrogens with zero attached hydrogens (tertiary/aromatic N) is 1. The van der Waals surface area contributed by atoms with Crippen LogP contribution in [0.4, 0.5) is 5.69 Å². The molecule has 1 heterocycles. The van der Waals surface area contributed by atoms with Crippen molar-refractivity contribution in [1.82, 2.24) is 4.98 Å². The summed E-state index contributed by atoms with van der Waals surface area (Å²) >= 11 is 12.1. The molecule has 19 heavy (non-hydrogen) atoms. The molecule has 0 amide bonds. The minimum absolute atomic E-state index is 0.242. The predicted molar refractivity (Wildman–Crippen MR) is 75.4 cm³/mol. The van der Waals surface area contributed by atoms with E-state index in [1.807, 2.05) is 0 Å². The zero-order valence-electron chi connectivity index (χ0n) is 9.98. The number of benzene rings is 1. The summed E-state index contributed by atoms with van der Waals surface area (Å²) in [7, 11) is 1.29. The van der Waals surface area contributed by atoms with Crippen LogP contribution in [0.15, 0.2) is 30.5 Å². The largest absolute Gasteiger partial charge is 0.465 e. The molecule has 4 nitrogen and oxygen atoms in total. The summed E-state index contributed by atoms with van der Waals surface area (Å²) in [5, 5.41) is 0.709. The van der Waals surface area contributed by atoms with Crippen LogP contribution in [0.25, 0.3) is 11.3 Å². The number of nitrogens with two attached hydrogens (primary N) is 1. The van der Waals surface area contributed by atoms with Gasteiger partial charge in [-0.15, -0.1) is 0 Å². The van der Waals surface area contributed by atoms with Gasteiger partial charge in [-0.1, -0.05) is 35.3 Å². The molecule has 0 aliphatic carbocycles. The van der Waals surface area contributed by atoms with E-state index in [0.29, 0.717) is 27.0 Å². The maximum atomic E-state index is 11.8. The smallest absolute Gasteiger partial charge is 0.340 e. The van der Waals surface area contributed by atoms with Crippen LogP contribution in [0.5, 0.6) is 0 Å². The maximum Gasteiger partial charge on any atom is 0.340 e. The van der Waals surface area contributed by atoms with Gasteiger partial charge in [0.05, 0.1) is 40.3 Å². The van der Waals surface area contributed by atoms with Crippen LogP contribution in [0.3, 0.4) is 0 Å². The molecule has 2 aromatic rings. The summed E-state index contributed by atoms with van der Waals surface area (Å²) in [5.41, 5.74) is 7.18. The van der Waals surface area contributed by atoms with Crippen LogP contribution >= 0.6 is 23.2 Å². The molecule has 0 fully saturated rings. The number of hydrogen-bond acceptors (Lipinski definition) is 4. The van der Waals surface area contributed by atoms with E-state index in [0.717, 1.165) is 0 Å². The van der Waals surface area contributed by atoms with Crippen molar-refractivity contribution in [2.45, 2.75) is 0 Å². The van der Waals surface area contributed by atoms with E-state index in [2.05, 4.69) is 4.98 Å². The van der Waals surface area contributed by atoms with Crippen molar-refractivity contribution in [3.63, 3.8) is 0 Å². The average Bonchev–Trinajstić information content (AvgIpc) is 2.41. The fourth-order valence-corrected chi connectivity index (χ4v) is 2.04. The Kier molecular flexibility index (Phi) is 3.93. The van der Waals surface area contributed by atoms with Crippen LogP contribution in [0.1, 0.15) is 10.4 Å². The number of carbonyl (C=O) groups excluding carboxylic acids is 1. The highest BCUT2D eigenvalue weighted by Gasteiger charge is 2.18. The Hall–Kier alpha value is -1.78. The van der Waals surface area contributed by atoms with Gasteiger partial charge in [-0.25, -0.2) is 4.79 Å². The Labute approximate surface area is 120 Å². The van der Waals surface area contributed by atoms with Crippen molar-refractivity contribution >= 4 is 34.9 Å². The quantitative estimate of drug-likeness (QED) is 0.862. The van der Waals surface area contributed by atoms with Crippen LogP contribution < -0.4 is 5.73 Å². The van der Waals surface area contributed by atoms with Gasteiger partial charge in [-0.2, -0.15) is 0 Å². The summed E-state index contributed by atoms with van der Waals surface area (Å²) < 4.78 is 4.71. The predicted octanol–water partition coefficient (Wildman–Crippen LogP) is 3.42. The summed E-state index contributed by atoms with van der Waals surface area (Å²) in [4.78, 5) is 15.9. The van der Waals surface area contributed by atoms with E-state index >= 15 is 0 Å². The van der Waals surface area contributed by atoms with Crippen molar-refractivity contribution < 1.29 is 9.53 Å². The second-order valence-corrected chi connectivity index (χ2v) is 4.54. The van der Waals surface area contributed by atoms with Crippen molar-refractivity contribution in [3.8, 4) is 11.3 Å². The van der Waals surface area contributed by atoms with Gasteiger partial charge in [0.2, 0.25) is 0 Å². The normalized spacial score (nSPS) is 10.3. The van der Waals surface area contributed by atoms with E-state index in [4.69, 9.17) is 33.7 Å². The van der Waals surface area contributed by atoms with E-state index in [1.54, 1.807) is 18.2 Å². The Morgan fingerprint density at radius 1 is 1.37 bits per heavy atom. The lowest BCUT2D eigenvalue weighted by molar-refractivity contribution is 0.0601. The van der Waals surface area contributed by atoms with Crippen molar-refractivity contribution in [2.75, 3.05) is 12.8 Å². The standard InChI is InChI=1S/C13H10Cl2N2O2/c1-19-13(18)9-5-7(16)6-17-12(9)8-3-2-4-10(14)11(8)15/h2-6H,16H2,1H3. The summed E-state index contributed by atoms with van der Waals surface area (Å²) in [6.07, 6.45) is 1.44. The van der Waals surface area contributed by atoms with E-state index < -0.39 is 5.97 Å². The Morgan fingerprint density at radius 2 is 2.11 bits per heavy atom. The second kappa shape index (κ2) is 5.47. The number of pyridine rings is 1. The van der Waals surface area contributed by atoms with Gasteiger partial charge < -0.3 is 10.5 Å². The van der Waals surface area contributed by atoms with Gasteiger partial charge in [-0.3, -0.25) is 4.98 Å². The molecule has 1 aromatic heterocycles. The molecule has 6 heteroatoms. The second-order valence-electron chi connectivity index (χ2n) is 3.76. The molecule has 2 rings (SSSR count). The van der Waals surface area contributed by atoms with Crippen molar-refractivity contribution in [1.29, 1.82) is 0 Å². The first-order chi connectivity index (χ1) is 9.04. The summed E-state index contributed by atoms with van der Waals surface area (Å²) in [6, 6.07) is 6.59. The zero-order valence-corrected chi connectivity index (χ0v) is 11.5. The monoisotopic (exact) mass is 296 g/mol. The molecule has 0 atom stereocenters. The number of rotatable bonds is 2. The molecular formula is C13H10Cl2N2O2. The molecule has 0 spiro atoms. The first-order valence-corrected chi connectivity index (χ1v) is 6.08. The lowest BCUT2D eigenvalue weighted by Gasteiger charge is -2.10. The third kappa shape index (κ3) is 2.64. The molecule has 0 saturated carbocycles. The molecule has 0 radical (unpaired) electrons.